The monoisotopic (exact) mass is 273 g/mol. The zero-order valence-corrected chi connectivity index (χ0v) is 10.4. The minimum atomic E-state index is 0.112. The molecular formula is C9H9Cl2N5O. The Hall–Kier alpha value is -1.53. The number of anilines is 2. The average Bonchev–Trinajstić information content (AvgIpc) is 2.72. The zero-order chi connectivity index (χ0) is 12.3. The second-order valence-corrected chi connectivity index (χ2v) is 3.76. The van der Waals surface area contributed by atoms with Crippen LogP contribution in [-0.2, 0) is 0 Å². The van der Waals surface area contributed by atoms with Crippen LogP contribution in [0.1, 0.15) is 6.92 Å². The van der Waals surface area contributed by atoms with Crippen LogP contribution in [0.4, 0.5) is 11.6 Å². The Kier molecular flexibility index (Phi) is 3.65. The number of H-pyrrole nitrogens is 1. The second kappa shape index (κ2) is 5.20. The number of ether oxygens (including phenoxy) is 1. The third-order valence-electron chi connectivity index (χ3n) is 1.81. The molecule has 2 N–H and O–H groups in total. The highest BCUT2D eigenvalue weighted by molar-refractivity contribution is 6.33. The van der Waals surface area contributed by atoms with E-state index in [0.29, 0.717) is 29.1 Å². The molecule has 0 aliphatic rings. The van der Waals surface area contributed by atoms with Crippen molar-refractivity contribution in [1.82, 2.24) is 20.2 Å². The standard InChI is InChI=1S/C9H9Cl2N5O/c1-2-17-7-3-6(15-16-7)13-8-5(10)4-12-9(11)14-8/h3-4H,2H2,1H3,(H2,12,13,14,15,16). The lowest BCUT2D eigenvalue weighted by Gasteiger charge is -2.03. The number of nitrogens with one attached hydrogen (secondary N) is 2. The molecule has 2 rings (SSSR count). The number of aromatic nitrogens is 4. The lowest BCUT2D eigenvalue weighted by atomic mass is 10.5. The number of halogens is 2. The summed E-state index contributed by atoms with van der Waals surface area (Å²) in [6.07, 6.45) is 1.42. The average molecular weight is 274 g/mol. The first-order valence-electron chi connectivity index (χ1n) is 4.82. The minimum Gasteiger partial charge on any atom is -0.477 e. The van der Waals surface area contributed by atoms with Crippen molar-refractivity contribution in [3.63, 3.8) is 0 Å². The zero-order valence-electron chi connectivity index (χ0n) is 8.87. The normalized spacial score (nSPS) is 10.3. The highest BCUT2D eigenvalue weighted by Gasteiger charge is 2.07. The van der Waals surface area contributed by atoms with Gasteiger partial charge in [0.2, 0.25) is 11.2 Å². The molecule has 0 fully saturated rings. The Morgan fingerprint density at radius 2 is 2.29 bits per heavy atom. The summed E-state index contributed by atoms with van der Waals surface area (Å²) in [6, 6.07) is 1.69. The Morgan fingerprint density at radius 1 is 1.47 bits per heavy atom. The molecule has 0 amide bonds. The molecule has 0 aromatic carbocycles. The van der Waals surface area contributed by atoms with Gasteiger partial charge in [0.15, 0.2) is 5.82 Å². The van der Waals surface area contributed by atoms with E-state index >= 15 is 0 Å². The maximum Gasteiger partial charge on any atom is 0.234 e. The summed E-state index contributed by atoms with van der Waals surface area (Å²) in [7, 11) is 0. The first-order valence-corrected chi connectivity index (χ1v) is 5.58. The number of nitrogens with zero attached hydrogens (tertiary/aromatic N) is 3. The van der Waals surface area contributed by atoms with Gasteiger partial charge in [-0.15, -0.1) is 5.10 Å². The predicted molar refractivity (Wildman–Crippen MR) is 65.1 cm³/mol. The summed E-state index contributed by atoms with van der Waals surface area (Å²) in [5.41, 5.74) is 0. The van der Waals surface area contributed by atoms with E-state index in [4.69, 9.17) is 27.9 Å². The molecule has 17 heavy (non-hydrogen) atoms. The van der Waals surface area contributed by atoms with Crippen LogP contribution in [0.5, 0.6) is 5.88 Å². The molecule has 0 bridgehead atoms. The lowest BCUT2D eigenvalue weighted by Crippen LogP contribution is -1.96. The summed E-state index contributed by atoms with van der Waals surface area (Å²) in [4.78, 5) is 7.69. The molecule has 0 atom stereocenters. The van der Waals surface area contributed by atoms with Crippen molar-refractivity contribution in [3.05, 3.63) is 22.6 Å². The summed E-state index contributed by atoms with van der Waals surface area (Å²) < 4.78 is 5.20. The van der Waals surface area contributed by atoms with Crippen molar-refractivity contribution in [2.45, 2.75) is 6.92 Å². The summed E-state index contributed by atoms with van der Waals surface area (Å²) >= 11 is 11.6. The van der Waals surface area contributed by atoms with Crippen molar-refractivity contribution < 1.29 is 4.74 Å². The van der Waals surface area contributed by atoms with E-state index in [9.17, 15) is 0 Å². The molecule has 0 unspecified atom stereocenters. The van der Waals surface area contributed by atoms with E-state index in [-0.39, 0.29) is 5.28 Å². The molecule has 8 heteroatoms. The van der Waals surface area contributed by atoms with Crippen molar-refractivity contribution in [2.24, 2.45) is 0 Å². The number of aromatic amines is 1. The summed E-state index contributed by atoms with van der Waals surface area (Å²) in [6.45, 7) is 2.42. The van der Waals surface area contributed by atoms with Crippen LogP contribution in [0.3, 0.4) is 0 Å². The van der Waals surface area contributed by atoms with Crippen molar-refractivity contribution in [2.75, 3.05) is 11.9 Å². The second-order valence-electron chi connectivity index (χ2n) is 3.01. The van der Waals surface area contributed by atoms with E-state index in [1.54, 1.807) is 6.07 Å². The molecule has 0 saturated heterocycles. The first kappa shape index (κ1) is 11.9. The third-order valence-corrected chi connectivity index (χ3v) is 2.27. The van der Waals surface area contributed by atoms with Crippen LogP contribution in [0.15, 0.2) is 12.3 Å². The molecule has 0 saturated carbocycles. The number of rotatable bonds is 4. The third kappa shape index (κ3) is 2.98. The predicted octanol–water partition coefficient (Wildman–Crippen LogP) is 2.65. The molecule has 2 heterocycles. The van der Waals surface area contributed by atoms with Crippen LogP contribution in [0.2, 0.25) is 10.3 Å². The summed E-state index contributed by atoms with van der Waals surface area (Å²) in [5, 5.41) is 10.1. The fourth-order valence-electron chi connectivity index (χ4n) is 1.15. The fourth-order valence-corrected chi connectivity index (χ4v) is 1.42. The van der Waals surface area contributed by atoms with Gasteiger partial charge < -0.3 is 10.1 Å². The van der Waals surface area contributed by atoms with Gasteiger partial charge in [0, 0.05) is 6.07 Å². The van der Waals surface area contributed by atoms with E-state index in [1.807, 2.05) is 6.92 Å². The van der Waals surface area contributed by atoms with Crippen LogP contribution in [0, 0.1) is 0 Å². The van der Waals surface area contributed by atoms with Crippen LogP contribution >= 0.6 is 23.2 Å². The molecule has 0 spiro atoms. The quantitative estimate of drug-likeness (QED) is 0.838. The molecule has 0 radical (unpaired) electrons. The minimum absolute atomic E-state index is 0.112. The smallest absolute Gasteiger partial charge is 0.234 e. The van der Waals surface area contributed by atoms with E-state index in [0.717, 1.165) is 0 Å². The van der Waals surface area contributed by atoms with Crippen molar-refractivity contribution in [1.29, 1.82) is 0 Å². The Morgan fingerprint density at radius 3 is 3.06 bits per heavy atom. The van der Waals surface area contributed by atoms with Gasteiger partial charge in [-0.1, -0.05) is 11.6 Å². The fraction of sp³-hybridized carbons (Fsp3) is 0.222. The Labute approximate surface area is 107 Å². The molecule has 0 aliphatic carbocycles. The van der Waals surface area contributed by atoms with Gasteiger partial charge >= 0.3 is 0 Å². The van der Waals surface area contributed by atoms with Gasteiger partial charge in [0.1, 0.15) is 10.8 Å². The van der Waals surface area contributed by atoms with Crippen molar-refractivity contribution in [3.8, 4) is 5.88 Å². The van der Waals surface area contributed by atoms with E-state index < -0.39 is 0 Å². The van der Waals surface area contributed by atoms with Gasteiger partial charge in [-0.25, -0.2) is 4.98 Å². The molecule has 6 nitrogen and oxygen atoms in total. The van der Waals surface area contributed by atoms with Crippen LogP contribution in [0.25, 0.3) is 0 Å². The number of hydrogen-bond acceptors (Lipinski definition) is 5. The highest BCUT2D eigenvalue weighted by atomic mass is 35.5. The Bertz CT molecular complexity index is 516. The lowest BCUT2D eigenvalue weighted by molar-refractivity contribution is 0.326. The molecular weight excluding hydrogens is 265 g/mol. The topological polar surface area (TPSA) is 75.7 Å². The van der Waals surface area contributed by atoms with Gasteiger partial charge in [-0.2, -0.15) is 4.98 Å². The van der Waals surface area contributed by atoms with Gasteiger partial charge in [0.05, 0.1) is 12.8 Å². The maximum atomic E-state index is 5.90. The van der Waals surface area contributed by atoms with Gasteiger partial charge in [-0.3, -0.25) is 5.10 Å². The largest absolute Gasteiger partial charge is 0.477 e. The highest BCUT2D eigenvalue weighted by Crippen LogP contribution is 2.24. The maximum absolute atomic E-state index is 5.90. The molecule has 0 aliphatic heterocycles. The number of hydrogen-bond donors (Lipinski definition) is 2. The van der Waals surface area contributed by atoms with E-state index in [1.165, 1.54) is 6.20 Å². The molecule has 2 aromatic heterocycles. The van der Waals surface area contributed by atoms with Gasteiger partial charge in [-0.05, 0) is 18.5 Å². The molecule has 90 valence electrons. The van der Waals surface area contributed by atoms with E-state index in [2.05, 4.69) is 25.5 Å². The summed E-state index contributed by atoms with van der Waals surface area (Å²) in [5.74, 6) is 1.50. The Balaban J connectivity index is 2.16. The van der Waals surface area contributed by atoms with Crippen LogP contribution in [-0.4, -0.2) is 26.8 Å². The van der Waals surface area contributed by atoms with Gasteiger partial charge in [0.25, 0.3) is 0 Å². The first-order chi connectivity index (χ1) is 8.19. The SMILES string of the molecule is CCOc1cc(Nc2nc(Cl)ncc2Cl)[nH]n1. The van der Waals surface area contributed by atoms with Crippen LogP contribution < -0.4 is 10.1 Å². The van der Waals surface area contributed by atoms with Crippen molar-refractivity contribution >= 4 is 34.8 Å². The molecule has 2 aromatic rings.